The van der Waals surface area contributed by atoms with Crippen LogP contribution >= 0.6 is 0 Å². The molecule has 2 rings (SSSR count). The maximum atomic E-state index is 5.82. The zero-order chi connectivity index (χ0) is 12.8. The van der Waals surface area contributed by atoms with E-state index in [9.17, 15) is 0 Å². The Hall–Kier alpha value is -1.87. The molecule has 1 unspecified atom stereocenters. The maximum absolute atomic E-state index is 5.82. The van der Waals surface area contributed by atoms with Gasteiger partial charge >= 0.3 is 0 Å². The third-order valence-corrected chi connectivity index (χ3v) is 2.88. The van der Waals surface area contributed by atoms with E-state index in [0.717, 1.165) is 12.2 Å². The lowest BCUT2D eigenvalue weighted by atomic mass is 10.1. The van der Waals surface area contributed by atoms with Gasteiger partial charge in [0.1, 0.15) is 5.82 Å². The summed E-state index contributed by atoms with van der Waals surface area (Å²) in [6.45, 7) is 2.64. The van der Waals surface area contributed by atoms with Crippen LogP contribution in [0.25, 0.3) is 0 Å². The van der Waals surface area contributed by atoms with Gasteiger partial charge in [0, 0.05) is 18.8 Å². The number of hydrogen-bond acceptors (Lipinski definition) is 3. The van der Waals surface area contributed by atoms with Crippen molar-refractivity contribution in [3.63, 3.8) is 0 Å². The molecular weight excluding hydrogens is 222 g/mol. The number of anilines is 1. The Balaban J connectivity index is 2.01. The van der Waals surface area contributed by atoms with Gasteiger partial charge in [0.2, 0.25) is 0 Å². The van der Waals surface area contributed by atoms with Crippen LogP contribution < -0.4 is 11.1 Å². The number of nitrogens with one attached hydrogen (secondary N) is 1. The molecule has 3 N–H and O–H groups in total. The Labute approximate surface area is 108 Å². The summed E-state index contributed by atoms with van der Waals surface area (Å²) in [4.78, 5) is 4.30. The van der Waals surface area contributed by atoms with Crippen molar-refractivity contribution in [3.8, 4) is 0 Å². The first kappa shape index (κ1) is 12.6. The van der Waals surface area contributed by atoms with E-state index in [1.807, 2.05) is 36.5 Å². The average molecular weight is 241 g/mol. The molecule has 1 aromatic carbocycles. The number of nitrogens with zero attached hydrogens (tertiary/aromatic N) is 1. The second-order valence-electron chi connectivity index (χ2n) is 4.49. The van der Waals surface area contributed by atoms with Crippen molar-refractivity contribution in [3.05, 3.63) is 59.8 Å². The normalized spacial score (nSPS) is 12.1. The van der Waals surface area contributed by atoms with Crippen molar-refractivity contribution in [1.82, 2.24) is 4.98 Å². The van der Waals surface area contributed by atoms with Crippen LogP contribution in [0.4, 0.5) is 5.82 Å². The number of aromatic nitrogens is 1. The molecule has 0 amide bonds. The van der Waals surface area contributed by atoms with E-state index in [2.05, 4.69) is 29.4 Å². The highest BCUT2D eigenvalue weighted by molar-refractivity contribution is 5.38. The van der Waals surface area contributed by atoms with Crippen molar-refractivity contribution in [2.75, 3.05) is 11.9 Å². The lowest BCUT2D eigenvalue weighted by Gasteiger charge is -2.17. The van der Waals surface area contributed by atoms with Crippen molar-refractivity contribution >= 4 is 5.82 Å². The van der Waals surface area contributed by atoms with Crippen LogP contribution in [0.1, 0.15) is 11.1 Å². The second-order valence-corrected chi connectivity index (χ2v) is 4.49. The van der Waals surface area contributed by atoms with Crippen LogP contribution in [0.15, 0.2) is 48.7 Å². The van der Waals surface area contributed by atoms with E-state index >= 15 is 0 Å². The van der Waals surface area contributed by atoms with Gasteiger partial charge in [-0.1, -0.05) is 30.3 Å². The molecule has 0 aliphatic rings. The molecule has 0 aliphatic carbocycles. The van der Waals surface area contributed by atoms with Crippen molar-refractivity contribution in [2.24, 2.45) is 5.73 Å². The lowest BCUT2D eigenvalue weighted by Crippen LogP contribution is -2.31. The van der Waals surface area contributed by atoms with E-state index in [1.54, 1.807) is 0 Å². The highest BCUT2D eigenvalue weighted by Gasteiger charge is 2.08. The summed E-state index contributed by atoms with van der Waals surface area (Å²) in [5.74, 6) is 0.890. The Morgan fingerprint density at radius 2 is 2.00 bits per heavy atom. The van der Waals surface area contributed by atoms with Gasteiger partial charge in [-0.3, -0.25) is 0 Å². The summed E-state index contributed by atoms with van der Waals surface area (Å²) < 4.78 is 0. The van der Waals surface area contributed by atoms with Gasteiger partial charge < -0.3 is 11.1 Å². The van der Waals surface area contributed by atoms with Crippen LogP contribution in [-0.4, -0.2) is 17.6 Å². The third-order valence-electron chi connectivity index (χ3n) is 2.88. The van der Waals surface area contributed by atoms with Gasteiger partial charge in [-0.25, -0.2) is 4.98 Å². The molecule has 0 bridgehead atoms. The molecule has 18 heavy (non-hydrogen) atoms. The number of rotatable bonds is 5. The molecular formula is C15H19N3. The molecule has 94 valence electrons. The molecule has 1 heterocycles. The van der Waals surface area contributed by atoms with Crippen LogP contribution in [-0.2, 0) is 6.42 Å². The fourth-order valence-electron chi connectivity index (χ4n) is 1.92. The zero-order valence-corrected chi connectivity index (χ0v) is 10.6. The largest absolute Gasteiger partial charge is 0.366 e. The Morgan fingerprint density at radius 3 is 2.67 bits per heavy atom. The van der Waals surface area contributed by atoms with Crippen LogP contribution in [0.2, 0.25) is 0 Å². The average Bonchev–Trinajstić information content (AvgIpc) is 2.39. The first-order valence-corrected chi connectivity index (χ1v) is 6.21. The first-order valence-electron chi connectivity index (χ1n) is 6.21. The monoisotopic (exact) mass is 241 g/mol. The van der Waals surface area contributed by atoms with Crippen molar-refractivity contribution in [2.45, 2.75) is 19.4 Å². The summed E-state index contributed by atoms with van der Waals surface area (Å²) in [6.07, 6.45) is 2.72. The molecule has 2 aromatic rings. The maximum Gasteiger partial charge on any atom is 0.126 e. The number of nitrogens with two attached hydrogens (primary N) is 1. The Kier molecular flexibility index (Phi) is 4.31. The first-order chi connectivity index (χ1) is 8.78. The van der Waals surface area contributed by atoms with Crippen molar-refractivity contribution in [1.29, 1.82) is 0 Å². The zero-order valence-electron chi connectivity index (χ0n) is 10.6. The molecule has 0 saturated heterocycles. The highest BCUT2D eigenvalue weighted by atomic mass is 15.0. The SMILES string of the molecule is Cc1ccnc(NC(CN)Cc2ccccc2)c1. The van der Waals surface area contributed by atoms with E-state index in [-0.39, 0.29) is 6.04 Å². The summed E-state index contributed by atoms with van der Waals surface area (Å²) in [6, 6.07) is 14.6. The van der Waals surface area contributed by atoms with Gasteiger partial charge in [0.15, 0.2) is 0 Å². The highest BCUT2D eigenvalue weighted by Crippen LogP contribution is 2.10. The molecule has 0 radical (unpaired) electrons. The predicted molar refractivity (Wildman–Crippen MR) is 75.6 cm³/mol. The van der Waals surface area contributed by atoms with E-state index in [0.29, 0.717) is 6.54 Å². The Bertz CT molecular complexity index is 482. The number of benzene rings is 1. The fourth-order valence-corrected chi connectivity index (χ4v) is 1.92. The van der Waals surface area contributed by atoms with E-state index in [4.69, 9.17) is 5.73 Å². The van der Waals surface area contributed by atoms with Crippen LogP contribution in [0.5, 0.6) is 0 Å². The van der Waals surface area contributed by atoms with Gasteiger partial charge in [-0.15, -0.1) is 0 Å². The molecule has 1 aromatic heterocycles. The predicted octanol–water partition coefficient (Wildman–Crippen LogP) is 2.37. The number of aryl methyl sites for hydroxylation is 1. The lowest BCUT2D eigenvalue weighted by molar-refractivity contribution is 0.720. The number of pyridine rings is 1. The molecule has 0 saturated carbocycles. The Morgan fingerprint density at radius 1 is 1.22 bits per heavy atom. The standard InChI is InChI=1S/C15H19N3/c1-12-7-8-17-15(9-12)18-14(11-16)10-13-5-3-2-4-6-13/h2-9,14H,10-11,16H2,1H3,(H,17,18). The van der Waals surface area contributed by atoms with E-state index < -0.39 is 0 Å². The quantitative estimate of drug-likeness (QED) is 0.845. The third kappa shape index (κ3) is 3.57. The van der Waals surface area contributed by atoms with Crippen LogP contribution in [0, 0.1) is 6.92 Å². The minimum Gasteiger partial charge on any atom is -0.366 e. The number of hydrogen-bond donors (Lipinski definition) is 2. The van der Waals surface area contributed by atoms with Gasteiger partial charge in [-0.05, 0) is 36.6 Å². The van der Waals surface area contributed by atoms with Gasteiger partial charge in [-0.2, -0.15) is 0 Å². The van der Waals surface area contributed by atoms with Crippen LogP contribution in [0.3, 0.4) is 0 Å². The fraction of sp³-hybridized carbons (Fsp3) is 0.267. The molecule has 0 aliphatic heterocycles. The summed E-state index contributed by atoms with van der Waals surface area (Å²) in [5, 5.41) is 3.38. The molecule has 0 fully saturated rings. The summed E-state index contributed by atoms with van der Waals surface area (Å²) in [5.41, 5.74) is 8.30. The summed E-state index contributed by atoms with van der Waals surface area (Å²) >= 11 is 0. The van der Waals surface area contributed by atoms with Gasteiger partial charge in [0.25, 0.3) is 0 Å². The molecule has 3 nitrogen and oxygen atoms in total. The van der Waals surface area contributed by atoms with Crippen molar-refractivity contribution < 1.29 is 0 Å². The smallest absolute Gasteiger partial charge is 0.126 e. The minimum atomic E-state index is 0.210. The molecule has 1 atom stereocenters. The van der Waals surface area contributed by atoms with E-state index in [1.165, 1.54) is 11.1 Å². The van der Waals surface area contributed by atoms with Gasteiger partial charge in [0.05, 0.1) is 0 Å². The molecule has 0 spiro atoms. The molecule has 3 heteroatoms. The second kappa shape index (κ2) is 6.17. The topological polar surface area (TPSA) is 50.9 Å². The summed E-state index contributed by atoms with van der Waals surface area (Å²) in [7, 11) is 0. The minimum absolute atomic E-state index is 0.210.